The van der Waals surface area contributed by atoms with Crippen LogP contribution in [-0.4, -0.2) is 73.9 Å². The molecule has 3 saturated heterocycles. The monoisotopic (exact) mass is 595 g/mol. The fourth-order valence-corrected chi connectivity index (χ4v) is 9.87. The van der Waals surface area contributed by atoms with E-state index in [1.807, 2.05) is 34.6 Å². The number of nitrogens with zero attached hydrogens (tertiary/aromatic N) is 1. The zero-order valence-electron chi connectivity index (χ0n) is 22.1. The van der Waals surface area contributed by atoms with Crippen molar-refractivity contribution < 1.29 is 24.2 Å². The van der Waals surface area contributed by atoms with Gasteiger partial charge in [0.05, 0.1) is 35.8 Å². The third kappa shape index (κ3) is 5.13. The van der Waals surface area contributed by atoms with Crippen molar-refractivity contribution in [3.05, 3.63) is 24.3 Å². The topological polar surface area (TPSA) is 108 Å². The van der Waals surface area contributed by atoms with Crippen LogP contribution < -0.4 is 15.4 Å². The van der Waals surface area contributed by atoms with Crippen LogP contribution in [0.3, 0.4) is 0 Å². The SMILES string of the molecule is CCOc1ccc(NC(=O)[C@H]2[C@H]3C(=O)N([C@@H](CO)CC(C)C)C(C(=O)NC(C)C)C34CC(Br)[C@@H]2S4)cc1. The number of aliphatic hydroxyl groups excluding tert-OH is 1. The molecule has 1 spiro atoms. The first kappa shape index (κ1) is 28.2. The number of carbonyl (C=O) groups excluding carboxylic acids is 3. The Bertz CT molecular complexity index is 1020. The summed E-state index contributed by atoms with van der Waals surface area (Å²) in [5, 5.41) is 16.2. The second-order valence-corrected chi connectivity index (χ2v) is 13.7. The number of benzene rings is 1. The zero-order chi connectivity index (χ0) is 27.1. The molecule has 0 aliphatic carbocycles. The van der Waals surface area contributed by atoms with Gasteiger partial charge in [0.2, 0.25) is 17.7 Å². The van der Waals surface area contributed by atoms with E-state index in [9.17, 15) is 19.5 Å². The number of hydrogen-bond donors (Lipinski definition) is 3. The number of hydrogen-bond acceptors (Lipinski definition) is 6. The summed E-state index contributed by atoms with van der Waals surface area (Å²) >= 11 is 5.38. The number of rotatable bonds is 10. The Labute approximate surface area is 231 Å². The van der Waals surface area contributed by atoms with Crippen molar-refractivity contribution in [1.29, 1.82) is 0 Å². The fourth-order valence-electron chi connectivity index (χ4n) is 6.27. The molecule has 204 valence electrons. The minimum absolute atomic E-state index is 0.00962. The number of ether oxygens (including phenoxy) is 1. The molecule has 0 radical (unpaired) electrons. The molecule has 1 aromatic carbocycles. The van der Waals surface area contributed by atoms with Crippen LogP contribution in [0.5, 0.6) is 5.75 Å². The number of nitrogens with one attached hydrogen (secondary N) is 2. The highest BCUT2D eigenvalue weighted by Gasteiger charge is 2.76. The van der Waals surface area contributed by atoms with Gasteiger partial charge in [-0.2, -0.15) is 0 Å². The summed E-state index contributed by atoms with van der Waals surface area (Å²) in [6.45, 7) is 10.1. The molecule has 3 heterocycles. The summed E-state index contributed by atoms with van der Waals surface area (Å²) in [6.07, 6.45) is 1.18. The molecule has 0 aromatic heterocycles. The van der Waals surface area contributed by atoms with Gasteiger partial charge in [-0.05, 0) is 63.8 Å². The first-order valence-corrected chi connectivity index (χ1v) is 14.9. The number of amides is 3. The minimum atomic E-state index is -0.748. The van der Waals surface area contributed by atoms with Crippen LogP contribution in [0.2, 0.25) is 0 Å². The van der Waals surface area contributed by atoms with Crippen molar-refractivity contribution in [1.82, 2.24) is 10.2 Å². The highest BCUT2D eigenvalue weighted by atomic mass is 79.9. The van der Waals surface area contributed by atoms with Crippen LogP contribution in [-0.2, 0) is 14.4 Å². The minimum Gasteiger partial charge on any atom is -0.494 e. The second-order valence-electron chi connectivity index (χ2n) is 11.0. The zero-order valence-corrected chi connectivity index (χ0v) is 24.5. The number of fused-ring (bicyclic) bond motifs is 1. The molecular weight excluding hydrogens is 558 g/mol. The molecule has 2 bridgehead atoms. The fraction of sp³-hybridized carbons (Fsp3) is 0.667. The number of likely N-dealkylation sites (tertiary alicyclic amines) is 1. The van der Waals surface area contributed by atoms with E-state index in [0.717, 1.165) is 5.75 Å². The maximum absolute atomic E-state index is 14.2. The predicted octanol–water partition coefficient (Wildman–Crippen LogP) is 3.42. The lowest BCUT2D eigenvalue weighted by Gasteiger charge is -2.38. The summed E-state index contributed by atoms with van der Waals surface area (Å²) < 4.78 is 4.76. The van der Waals surface area contributed by atoms with E-state index in [0.29, 0.717) is 25.1 Å². The van der Waals surface area contributed by atoms with Crippen LogP contribution in [0.25, 0.3) is 0 Å². The Kier molecular flexibility index (Phi) is 8.50. The first-order chi connectivity index (χ1) is 17.5. The molecule has 3 aliphatic rings. The molecule has 4 rings (SSSR count). The highest BCUT2D eigenvalue weighted by Crippen LogP contribution is 2.68. The normalized spacial score (nSPS) is 31.1. The van der Waals surface area contributed by atoms with E-state index in [1.54, 1.807) is 40.9 Å². The van der Waals surface area contributed by atoms with Gasteiger partial charge in [-0.3, -0.25) is 14.4 Å². The molecule has 1 aromatic rings. The Balaban J connectivity index is 1.69. The standard InChI is InChI=1S/C27H38BrN3O5S/c1-6-36-18-9-7-16(8-10-18)30-24(33)20-21-26(35)31(17(13-32)11-14(2)3)23(25(34)29-15(4)5)27(21)12-19(28)22(20)37-27/h7-10,14-15,17,19-23,32H,6,11-13H2,1-5H3,(H,29,34)(H,30,33)/t17-,19?,20+,21+,22+,23?,27?/m1/s1. The summed E-state index contributed by atoms with van der Waals surface area (Å²) in [5.74, 6) is -0.929. The first-order valence-electron chi connectivity index (χ1n) is 13.1. The third-order valence-electron chi connectivity index (χ3n) is 7.49. The van der Waals surface area contributed by atoms with E-state index in [1.165, 1.54) is 0 Å². The summed E-state index contributed by atoms with van der Waals surface area (Å²) in [6, 6.07) is 5.85. The largest absolute Gasteiger partial charge is 0.494 e. The maximum atomic E-state index is 14.2. The molecule has 3 aliphatic heterocycles. The van der Waals surface area contributed by atoms with E-state index >= 15 is 0 Å². The van der Waals surface area contributed by atoms with Gasteiger partial charge in [0.15, 0.2) is 0 Å². The Morgan fingerprint density at radius 1 is 1.22 bits per heavy atom. The van der Waals surface area contributed by atoms with E-state index in [4.69, 9.17) is 4.74 Å². The smallest absolute Gasteiger partial charge is 0.244 e. The van der Waals surface area contributed by atoms with E-state index < -0.39 is 28.7 Å². The summed E-state index contributed by atoms with van der Waals surface area (Å²) in [5.41, 5.74) is 0.630. The van der Waals surface area contributed by atoms with Gasteiger partial charge in [-0.1, -0.05) is 29.8 Å². The number of alkyl halides is 1. The molecular formula is C27H38BrN3O5S. The lowest BCUT2D eigenvalue weighted by atomic mass is 9.70. The molecule has 10 heteroatoms. The van der Waals surface area contributed by atoms with Crippen LogP contribution in [0.15, 0.2) is 24.3 Å². The maximum Gasteiger partial charge on any atom is 0.244 e. The number of thioether (sulfide) groups is 1. The van der Waals surface area contributed by atoms with Gasteiger partial charge < -0.3 is 25.4 Å². The quantitative estimate of drug-likeness (QED) is 0.358. The van der Waals surface area contributed by atoms with Crippen molar-refractivity contribution in [2.75, 3.05) is 18.5 Å². The molecule has 3 amide bonds. The molecule has 0 saturated carbocycles. The van der Waals surface area contributed by atoms with Crippen LogP contribution in [0, 0.1) is 17.8 Å². The van der Waals surface area contributed by atoms with Crippen LogP contribution >= 0.6 is 27.7 Å². The van der Waals surface area contributed by atoms with Gasteiger partial charge in [0.1, 0.15) is 11.8 Å². The molecule has 7 atom stereocenters. The molecule has 3 N–H and O–H groups in total. The summed E-state index contributed by atoms with van der Waals surface area (Å²) in [4.78, 5) is 43.2. The average molecular weight is 597 g/mol. The molecule has 3 fully saturated rings. The second kappa shape index (κ2) is 11.1. The molecule has 37 heavy (non-hydrogen) atoms. The lowest BCUT2D eigenvalue weighted by molar-refractivity contribution is -0.142. The van der Waals surface area contributed by atoms with Gasteiger partial charge in [-0.15, -0.1) is 11.8 Å². The van der Waals surface area contributed by atoms with Crippen molar-refractivity contribution in [2.24, 2.45) is 17.8 Å². The molecule has 8 nitrogen and oxygen atoms in total. The van der Waals surface area contributed by atoms with Crippen LogP contribution in [0.1, 0.15) is 47.5 Å². The van der Waals surface area contributed by atoms with Crippen molar-refractivity contribution in [3.8, 4) is 5.75 Å². The number of halogens is 1. The third-order valence-corrected chi connectivity index (χ3v) is 10.7. The van der Waals surface area contributed by atoms with Crippen LogP contribution in [0.4, 0.5) is 5.69 Å². The highest BCUT2D eigenvalue weighted by molar-refractivity contribution is 9.09. The van der Waals surface area contributed by atoms with Gasteiger partial charge in [-0.25, -0.2) is 0 Å². The lowest BCUT2D eigenvalue weighted by Crippen LogP contribution is -2.58. The van der Waals surface area contributed by atoms with E-state index in [2.05, 4.69) is 26.6 Å². The number of carbonyl (C=O) groups is 3. The van der Waals surface area contributed by atoms with E-state index in [-0.39, 0.29) is 46.4 Å². The Morgan fingerprint density at radius 3 is 2.46 bits per heavy atom. The summed E-state index contributed by atoms with van der Waals surface area (Å²) in [7, 11) is 0. The van der Waals surface area contributed by atoms with Gasteiger partial charge >= 0.3 is 0 Å². The van der Waals surface area contributed by atoms with Gasteiger partial charge in [0, 0.05) is 21.8 Å². The number of anilines is 1. The van der Waals surface area contributed by atoms with Crippen molar-refractivity contribution in [3.63, 3.8) is 0 Å². The molecule has 3 unspecified atom stereocenters. The van der Waals surface area contributed by atoms with Crippen molar-refractivity contribution in [2.45, 2.75) is 80.4 Å². The predicted molar refractivity (Wildman–Crippen MR) is 149 cm³/mol. The Morgan fingerprint density at radius 2 is 1.89 bits per heavy atom. The average Bonchev–Trinajstić information content (AvgIpc) is 3.41. The number of aliphatic hydroxyl groups is 1. The Hall–Kier alpha value is -1.78. The van der Waals surface area contributed by atoms with Crippen molar-refractivity contribution >= 4 is 51.1 Å². The van der Waals surface area contributed by atoms with Gasteiger partial charge in [0.25, 0.3) is 0 Å².